The van der Waals surface area contributed by atoms with E-state index < -0.39 is 0 Å². The Hall–Kier alpha value is -1.36. The molecule has 5 heteroatoms. The van der Waals surface area contributed by atoms with Crippen LogP contribution >= 0.6 is 0 Å². The predicted octanol–water partition coefficient (Wildman–Crippen LogP) is 3.07. The molecule has 1 saturated heterocycles. The largest absolute Gasteiger partial charge is 0.360 e. The first-order valence-electron chi connectivity index (χ1n) is 7.80. The van der Waals surface area contributed by atoms with E-state index in [1.807, 2.05) is 6.92 Å². The Bertz CT molecular complexity index is 476. The zero-order valence-corrected chi connectivity index (χ0v) is 13.6. The first-order valence-corrected chi connectivity index (χ1v) is 7.80. The number of likely N-dealkylation sites (tertiary alicyclic amines) is 1. The van der Waals surface area contributed by atoms with Gasteiger partial charge in [-0.1, -0.05) is 25.9 Å². The second-order valence-corrected chi connectivity index (χ2v) is 7.14. The zero-order valence-electron chi connectivity index (χ0n) is 13.6. The van der Waals surface area contributed by atoms with Crippen LogP contribution in [-0.4, -0.2) is 35.6 Å². The van der Waals surface area contributed by atoms with Crippen LogP contribution in [0.25, 0.3) is 0 Å². The average Bonchev–Trinajstić information content (AvgIpc) is 2.62. The maximum Gasteiger partial charge on any atom is 0.239 e. The third kappa shape index (κ3) is 4.84. The van der Waals surface area contributed by atoms with Crippen LogP contribution in [0, 0.1) is 18.3 Å². The molecule has 1 unspecified atom stereocenters. The van der Waals surface area contributed by atoms with Gasteiger partial charge in [-0.15, -0.1) is 0 Å². The maximum absolute atomic E-state index is 12.0. The van der Waals surface area contributed by atoms with Gasteiger partial charge in [0, 0.05) is 6.07 Å². The monoisotopic (exact) mass is 293 g/mol. The number of anilines is 1. The lowest BCUT2D eigenvalue weighted by Gasteiger charge is -2.29. The molecule has 2 heterocycles. The Morgan fingerprint density at radius 1 is 1.43 bits per heavy atom. The van der Waals surface area contributed by atoms with Crippen molar-refractivity contribution in [1.29, 1.82) is 0 Å². The summed E-state index contributed by atoms with van der Waals surface area (Å²) in [6.07, 6.45) is 3.59. The molecule has 1 aromatic rings. The summed E-state index contributed by atoms with van der Waals surface area (Å²) in [4.78, 5) is 14.3. The molecule has 0 radical (unpaired) electrons. The highest BCUT2D eigenvalue weighted by atomic mass is 16.5. The number of aryl methyl sites for hydroxylation is 1. The Balaban J connectivity index is 1.82. The lowest BCUT2D eigenvalue weighted by molar-refractivity contribution is -0.117. The van der Waals surface area contributed by atoms with E-state index >= 15 is 0 Å². The van der Waals surface area contributed by atoms with Crippen molar-refractivity contribution >= 4 is 11.7 Å². The molecule has 21 heavy (non-hydrogen) atoms. The Morgan fingerprint density at radius 2 is 2.19 bits per heavy atom. The van der Waals surface area contributed by atoms with E-state index in [4.69, 9.17) is 4.52 Å². The molecule has 0 aliphatic carbocycles. The van der Waals surface area contributed by atoms with Gasteiger partial charge in [0.15, 0.2) is 5.82 Å². The standard InChI is InChI=1S/C16H27N3O2/c1-12-10-14(18-21-12)17-15(20)11-19-8-5-6-13(7-9-19)16(2,3)4/h10,13H,5-9,11H2,1-4H3,(H,17,18,20). The molecule has 2 rings (SSSR count). The highest BCUT2D eigenvalue weighted by Gasteiger charge is 2.27. The molecule has 1 N–H and O–H groups in total. The predicted molar refractivity (Wildman–Crippen MR) is 83.1 cm³/mol. The van der Waals surface area contributed by atoms with Crippen LogP contribution in [0.3, 0.4) is 0 Å². The van der Waals surface area contributed by atoms with Crippen LogP contribution < -0.4 is 5.32 Å². The molecule has 118 valence electrons. The molecule has 0 aromatic carbocycles. The van der Waals surface area contributed by atoms with Gasteiger partial charge in [0.05, 0.1) is 6.54 Å². The summed E-state index contributed by atoms with van der Waals surface area (Å²) in [6, 6.07) is 1.73. The fourth-order valence-corrected chi connectivity index (χ4v) is 2.99. The van der Waals surface area contributed by atoms with Crippen molar-refractivity contribution in [2.75, 3.05) is 25.0 Å². The van der Waals surface area contributed by atoms with E-state index in [-0.39, 0.29) is 5.91 Å². The summed E-state index contributed by atoms with van der Waals surface area (Å²) in [6.45, 7) is 11.2. The number of nitrogens with zero attached hydrogens (tertiary/aromatic N) is 2. The molecule has 1 aliphatic rings. The van der Waals surface area contributed by atoms with Crippen molar-refractivity contribution < 1.29 is 9.32 Å². The quantitative estimate of drug-likeness (QED) is 0.930. The topological polar surface area (TPSA) is 58.4 Å². The number of carbonyl (C=O) groups is 1. The smallest absolute Gasteiger partial charge is 0.239 e. The molecule has 1 amide bonds. The van der Waals surface area contributed by atoms with Gasteiger partial charge in [-0.05, 0) is 50.6 Å². The summed E-state index contributed by atoms with van der Waals surface area (Å²) in [5.41, 5.74) is 0.358. The van der Waals surface area contributed by atoms with E-state index in [1.54, 1.807) is 6.07 Å². The van der Waals surface area contributed by atoms with Crippen molar-refractivity contribution in [2.45, 2.75) is 47.0 Å². The third-order valence-corrected chi connectivity index (χ3v) is 4.31. The minimum atomic E-state index is -0.0162. The molecule has 1 fully saturated rings. The van der Waals surface area contributed by atoms with Gasteiger partial charge in [0.2, 0.25) is 5.91 Å². The molecule has 5 nitrogen and oxygen atoms in total. The molecule has 1 aliphatic heterocycles. The van der Waals surface area contributed by atoms with Crippen molar-refractivity contribution in [3.63, 3.8) is 0 Å². The summed E-state index contributed by atoms with van der Waals surface area (Å²) < 4.78 is 4.95. The van der Waals surface area contributed by atoms with Gasteiger partial charge in [-0.3, -0.25) is 9.69 Å². The first-order chi connectivity index (χ1) is 9.84. The maximum atomic E-state index is 12.0. The number of carbonyl (C=O) groups excluding carboxylic acids is 1. The summed E-state index contributed by atoms with van der Waals surface area (Å²) in [5.74, 6) is 1.93. The second kappa shape index (κ2) is 6.60. The highest BCUT2D eigenvalue weighted by Crippen LogP contribution is 2.34. The molecule has 0 spiro atoms. The van der Waals surface area contributed by atoms with Crippen LogP contribution in [0.4, 0.5) is 5.82 Å². The summed E-state index contributed by atoms with van der Waals surface area (Å²) in [5, 5.41) is 6.57. The van der Waals surface area contributed by atoms with Gasteiger partial charge in [0.25, 0.3) is 0 Å². The van der Waals surface area contributed by atoms with Crippen molar-refractivity contribution in [1.82, 2.24) is 10.1 Å². The van der Waals surface area contributed by atoms with E-state index in [0.29, 0.717) is 23.5 Å². The molecular formula is C16H27N3O2. The second-order valence-electron chi connectivity index (χ2n) is 7.14. The minimum absolute atomic E-state index is 0.0162. The number of aromatic nitrogens is 1. The van der Waals surface area contributed by atoms with Crippen LogP contribution in [0.1, 0.15) is 45.8 Å². The highest BCUT2D eigenvalue weighted by molar-refractivity contribution is 5.91. The van der Waals surface area contributed by atoms with Crippen LogP contribution in [-0.2, 0) is 4.79 Å². The zero-order chi connectivity index (χ0) is 15.5. The Morgan fingerprint density at radius 3 is 2.81 bits per heavy atom. The number of hydrogen-bond donors (Lipinski definition) is 1. The van der Waals surface area contributed by atoms with Gasteiger partial charge in [-0.2, -0.15) is 0 Å². The molecule has 0 saturated carbocycles. The summed E-state index contributed by atoms with van der Waals surface area (Å²) >= 11 is 0. The van der Waals surface area contributed by atoms with Gasteiger partial charge >= 0.3 is 0 Å². The van der Waals surface area contributed by atoms with Crippen LogP contribution in [0.15, 0.2) is 10.6 Å². The Kier molecular flexibility index (Phi) is 5.04. The van der Waals surface area contributed by atoms with E-state index in [1.165, 1.54) is 12.8 Å². The molecule has 0 bridgehead atoms. The SMILES string of the molecule is Cc1cc(NC(=O)CN2CCCC(C(C)(C)C)CC2)no1. The number of hydrogen-bond acceptors (Lipinski definition) is 4. The fraction of sp³-hybridized carbons (Fsp3) is 0.750. The van der Waals surface area contributed by atoms with Crippen LogP contribution in [0.2, 0.25) is 0 Å². The average molecular weight is 293 g/mol. The lowest BCUT2D eigenvalue weighted by atomic mass is 9.77. The van der Waals surface area contributed by atoms with Gasteiger partial charge in [0.1, 0.15) is 5.76 Å². The van der Waals surface area contributed by atoms with Crippen molar-refractivity contribution in [3.05, 3.63) is 11.8 Å². The van der Waals surface area contributed by atoms with Crippen molar-refractivity contribution in [2.24, 2.45) is 11.3 Å². The van der Waals surface area contributed by atoms with Crippen LogP contribution in [0.5, 0.6) is 0 Å². The third-order valence-electron chi connectivity index (χ3n) is 4.31. The molecular weight excluding hydrogens is 266 g/mol. The Labute approximate surface area is 127 Å². The van der Waals surface area contributed by atoms with E-state index in [0.717, 1.165) is 25.4 Å². The van der Waals surface area contributed by atoms with Gasteiger partial charge < -0.3 is 9.84 Å². The van der Waals surface area contributed by atoms with Crippen molar-refractivity contribution in [3.8, 4) is 0 Å². The number of nitrogens with one attached hydrogen (secondary N) is 1. The molecule has 1 aromatic heterocycles. The first kappa shape index (κ1) is 16.0. The lowest BCUT2D eigenvalue weighted by Crippen LogP contribution is -2.34. The fourth-order valence-electron chi connectivity index (χ4n) is 2.99. The number of rotatable bonds is 3. The minimum Gasteiger partial charge on any atom is -0.360 e. The van der Waals surface area contributed by atoms with E-state index in [2.05, 4.69) is 36.1 Å². The number of amides is 1. The van der Waals surface area contributed by atoms with E-state index in [9.17, 15) is 4.79 Å². The normalized spacial score (nSPS) is 21.0. The summed E-state index contributed by atoms with van der Waals surface area (Å²) in [7, 11) is 0. The van der Waals surface area contributed by atoms with Gasteiger partial charge in [-0.25, -0.2) is 0 Å². The molecule has 1 atom stereocenters.